The lowest BCUT2D eigenvalue weighted by Crippen LogP contribution is -2.31. The number of rotatable bonds is 1. The molecule has 0 N–H and O–H groups in total. The summed E-state index contributed by atoms with van der Waals surface area (Å²) in [6, 6.07) is 0. The molecule has 2 heterocycles. The van der Waals surface area contributed by atoms with E-state index in [4.69, 9.17) is 4.74 Å². The van der Waals surface area contributed by atoms with Crippen molar-refractivity contribution in [2.45, 2.75) is 38.4 Å². The Hall–Kier alpha value is -0.560. The molecular weight excluding hydrogens is 160 g/mol. The maximum absolute atomic E-state index is 5.93. The molecule has 4 unspecified atom stereocenters. The molecule has 2 fully saturated rings. The molecule has 0 radical (unpaired) electrons. The van der Waals surface area contributed by atoms with E-state index >= 15 is 0 Å². The molecule has 0 aromatic rings. The third-order valence-corrected chi connectivity index (χ3v) is 4.00. The summed E-state index contributed by atoms with van der Waals surface area (Å²) >= 11 is 0. The molecule has 1 saturated carbocycles. The van der Waals surface area contributed by atoms with Gasteiger partial charge in [-0.25, -0.2) is 0 Å². The van der Waals surface area contributed by atoms with Crippen LogP contribution in [0.4, 0.5) is 0 Å². The van der Waals surface area contributed by atoms with E-state index in [0.717, 1.165) is 5.92 Å². The Labute approximate surface area is 79.5 Å². The summed E-state index contributed by atoms with van der Waals surface area (Å²) in [6.07, 6.45) is 14.0. The van der Waals surface area contributed by atoms with Crippen LogP contribution in [0.3, 0.4) is 0 Å². The van der Waals surface area contributed by atoms with E-state index in [0.29, 0.717) is 17.6 Å². The average molecular weight is 176 g/mol. The van der Waals surface area contributed by atoms with Gasteiger partial charge in [-0.1, -0.05) is 30.7 Å². The minimum absolute atomic E-state index is 0.383. The van der Waals surface area contributed by atoms with Crippen LogP contribution in [0.2, 0.25) is 0 Å². The summed E-state index contributed by atoms with van der Waals surface area (Å²) in [5, 5.41) is 0. The third-order valence-electron chi connectivity index (χ3n) is 4.00. The van der Waals surface area contributed by atoms with Gasteiger partial charge < -0.3 is 4.74 Å². The van der Waals surface area contributed by atoms with Crippen LogP contribution in [0, 0.1) is 11.3 Å². The topological polar surface area (TPSA) is 9.23 Å². The molecule has 3 rings (SSSR count). The van der Waals surface area contributed by atoms with Gasteiger partial charge in [0.2, 0.25) is 0 Å². The second-order valence-electron chi connectivity index (χ2n) is 4.52. The van der Waals surface area contributed by atoms with E-state index in [-0.39, 0.29) is 0 Å². The van der Waals surface area contributed by atoms with Gasteiger partial charge in [-0.05, 0) is 19.8 Å². The van der Waals surface area contributed by atoms with Crippen LogP contribution in [-0.4, -0.2) is 12.2 Å². The number of hydrogen-bond acceptors (Lipinski definition) is 1. The highest BCUT2D eigenvalue weighted by Gasteiger charge is 2.57. The lowest BCUT2D eigenvalue weighted by Gasteiger charge is -2.30. The number of ether oxygens (including phenoxy) is 1. The van der Waals surface area contributed by atoms with Crippen molar-refractivity contribution < 1.29 is 4.74 Å². The maximum atomic E-state index is 5.93. The molecule has 1 aliphatic carbocycles. The zero-order chi connectivity index (χ0) is 8.89. The highest BCUT2D eigenvalue weighted by Crippen LogP contribution is 2.58. The van der Waals surface area contributed by atoms with E-state index in [1.54, 1.807) is 0 Å². The zero-order valence-corrected chi connectivity index (χ0v) is 8.07. The lowest BCUT2D eigenvalue weighted by molar-refractivity contribution is 0.0869. The van der Waals surface area contributed by atoms with Gasteiger partial charge in [0.1, 0.15) is 0 Å². The lowest BCUT2D eigenvalue weighted by atomic mass is 9.71. The van der Waals surface area contributed by atoms with Gasteiger partial charge in [-0.15, -0.1) is 0 Å². The van der Waals surface area contributed by atoms with Crippen LogP contribution < -0.4 is 0 Å². The van der Waals surface area contributed by atoms with Crippen LogP contribution in [-0.2, 0) is 4.74 Å². The summed E-state index contributed by atoms with van der Waals surface area (Å²) in [4.78, 5) is 0. The number of hydrogen-bond donors (Lipinski definition) is 0. The minimum Gasteiger partial charge on any atom is -0.366 e. The average Bonchev–Trinajstić information content (AvgIpc) is 2.72. The van der Waals surface area contributed by atoms with Gasteiger partial charge in [0.05, 0.1) is 12.2 Å². The van der Waals surface area contributed by atoms with Gasteiger partial charge in [0, 0.05) is 11.3 Å². The van der Waals surface area contributed by atoms with Crippen LogP contribution in [0.1, 0.15) is 26.2 Å². The fourth-order valence-electron chi connectivity index (χ4n) is 3.52. The van der Waals surface area contributed by atoms with E-state index in [9.17, 15) is 0 Å². The highest BCUT2D eigenvalue weighted by atomic mass is 16.5. The third kappa shape index (κ3) is 0.812. The minimum atomic E-state index is 0.383. The van der Waals surface area contributed by atoms with Crippen LogP contribution in [0.25, 0.3) is 0 Å². The largest absolute Gasteiger partial charge is 0.366 e. The van der Waals surface area contributed by atoms with E-state index < -0.39 is 0 Å². The van der Waals surface area contributed by atoms with Crippen molar-refractivity contribution in [2.24, 2.45) is 11.3 Å². The Kier molecular flexibility index (Phi) is 1.49. The molecule has 2 bridgehead atoms. The molecule has 4 atom stereocenters. The fourth-order valence-corrected chi connectivity index (χ4v) is 3.52. The Morgan fingerprint density at radius 2 is 2.38 bits per heavy atom. The Morgan fingerprint density at radius 3 is 3.23 bits per heavy atom. The number of fused-ring (bicyclic) bond motifs is 5. The molecule has 0 amide bonds. The Balaban J connectivity index is 2.04. The van der Waals surface area contributed by atoms with E-state index in [1.807, 2.05) is 0 Å². The SMILES string of the molecule is CC=CC12CCCC1C1C=CC2O1. The van der Waals surface area contributed by atoms with Gasteiger partial charge in [-0.3, -0.25) is 0 Å². The van der Waals surface area contributed by atoms with Gasteiger partial charge >= 0.3 is 0 Å². The molecule has 1 nitrogen and oxygen atoms in total. The number of allylic oxidation sites excluding steroid dienone is 1. The quantitative estimate of drug-likeness (QED) is 0.558. The molecule has 0 spiro atoms. The molecule has 3 aliphatic rings. The van der Waals surface area contributed by atoms with Crippen molar-refractivity contribution in [3.05, 3.63) is 24.3 Å². The summed E-state index contributed by atoms with van der Waals surface area (Å²) in [7, 11) is 0. The van der Waals surface area contributed by atoms with Crippen LogP contribution >= 0.6 is 0 Å². The van der Waals surface area contributed by atoms with Crippen molar-refractivity contribution in [3.63, 3.8) is 0 Å². The molecule has 1 saturated heterocycles. The molecule has 13 heavy (non-hydrogen) atoms. The first-order valence-corrected chi connectivity index (χ1v) is 5.34. The first-order chi connectivity index (χ1) is 6.37. The Morgan fingerprint density at radius 1 is 1.46 bits per heavy atom. The Bertz CT molecular complexity index is 279. The molecule has 2 aliphatic heterocycles. The van der Waals surface area contributed by atoms with Crippen molar-refractivity contribution in [3.8, 4) is 0 Å². The van der Waals surface area contributed by atoms with Gasteiger partial charge in [-0.2, -0.15) is 0 Å². The van der Waals surface area contributed by atoms with Gasteiger partial charge in [0.25, 0.3) is 0 Å². The van der Waals surface area contributed by atoms with E-state index in [2.05, 4.69) is 31.2 Å². The molecule has 70 valence electrons. The predicted octanol–water partition coefficient (Wildman–Crippen LogP) is 2.69. The second kappa shape index (κ2) is 2.48. The maximum Gasteiger partial charge on any atom is 0.0859 e. The van der Waals surface area contributed by atoms with Crippen molar-refractivity contribution in [1.29, 1.82) is 0 Å². The van der Waals surface area contributed by atoms with Gasteiger partial charge in [0.15, 0.2) is 0 Å². The summed E-state index contributed by atoms with van der Waals surface area (Å²) in [6.45, 7) is 2.12. The first kappa shape index (κ1) is 7.81. The smallest absolute Gasteiger partial charge is 0.0859 e. The summed E-state index contributed by atoms with van der Waals surface area (Å²) in [5.41, 5.74) is 0.383. The fraction of sp³-hybridized carbons (Fsp3) is 0.667. The highest BCUT2D eigenvalue weighted by molar-refractivity contribution is 5.27. The van der Waals surface area contributed by atoms with Crippen molar-refractivity contribution in [2.75, 3.05) is 0 Å². The monoisotopic (exact) mass is 176 g/mol. The van der Waals surface area contributed by atoms with Crippen LogP contribution in [0.5, 0.6) is 0 Å². The van der Waals surface area contributed by atoms with Crippen molar-refractivity contribution in [1.82, 2.24) is 0 Å². The predicted molar refractivity (Wildman–Crippen MR) is 52.4 cm³/mol. The normalized spacial score (nSPS) is 52.2. The molecule has 0 aromatic heterocycles. The molecular formula is C12H16O. The summed E-state index contributed by atoms with van der Waals surface area (Å²) in [5.74, 6) is 0.777. The van der Waals surface area contributed by atoms with Crippen molar-refractivity contribution >= 4 is 0 Å². The zero-order valence-electron chi connectivity index (χ0n) is 8.07. The summed E-state index contributed by atoms with van der Waals surface area (Å²) < 4.78 is 5.93. The van der Waals surface area contributed by atoms with E-state index in [1.165, 1.54) is 19.3 Å². The second-order valence-corrected chi connectivity index (χ2v) is 4.52. The standard InChI is InChI=1S/C12H16O/c1-2-7-12-8-3-4-9(12)10-5-6-11(12)13-10/h2,5-7,9-11H,3-4,8H2,1H3. The van der Waals surface area contributed by atoms with Crippen LogP contribution in [0.15, 0.2) is 24.3 Å². The first-order valence-electron chi connectivity index (χ1n) is 5.34. The molecule has 1 heteroatoms. The molecule has 0 aromatic carbocycles.